The maximum absolute atomic E-state index is 11.1. The van der Waals surface area contributed by atoms with Gasteiger partial charge in [0.05, 0.1) is 18.9 Å². The lowest BCUT2D eigenvalue weighted by atomic mass is 10.6. The molecule has 0 aliphatic carbocycles. The van der Waals surface area contributed by atoms with E-state index in [0.717, 1.165) is 6.21 Å². The van der Waals surface area contributed by atoms with Gasteiger partial charge in [0.25, 0.3) is 20.2 Å². The molecule has 0 rings (SSSR count). The van der Waals surface area contributed by atoms with Crippen LogP contribution in [-0.2, 0) is 23.9 Å². The summed E-state index contributed by atoms with van der Waals surface area (Å²) in [4.78, 5) is 3.52. The van der Waals surface area contributed by atoms with Gasteiger partial charge >= 0.3 is 0 Å². The number of aliphatic imine (C=N–C) groups is 1. The topological polar surface area (TPSA) is 110 Å². The molecule has 0 aliphatic heterocycles. The molecule has 0 atom stereocenters. The summed E-state index contributed by atoms with van der Waals surface area (Å²) < 4.78 is 48.4. The minimum absolute atomic E-state index is 0.0667. The summed E-state index contributed by atoms with van der Waals surface area (Å²) in [5.41, 5.74) is 0. The highest BCUT2D eigenvalue weighted by Crippen LogP contribution is 2.03. The van der Waals surface area contributed by atoms with Crippen LogP contribution < -0.4 is 0 Å². The van der Waals surface area contributed by atoms with Gasteiger partial charge in [-0.1, -0.05) is 6.92 Å². The third-order valence-electron chi connectivity index (χ3n) is 1.30. The Morgan fingerprint density at radius 3 is 2.38 bits per heavy atom. The Hall–Kier alpha value is -0.510. The van der Waals surface area contributed by atoms with Gasteiger partial charge in [0, 0.05) is 6.21 Å². The van der Waals surface area contributed by atoms with Gasteiger partial charge in [-0.15, -0.1) is 3.63 Å². The van der Waals surface area contributed by atoms with Gasteiger partial charge in [0.2, 0.25) is 0 Å². The van der Waals surface area contributed by atoms with E-state index in [-0.39, 0.29) is 25.3 Å². The lowest BCUT2D eigenvalue weighted by Crippen LogP contribution is -2.19. The zero-order valence-corrected chi connectivity index (χ0v) is 10.5. The van der Waals surface area contributed by atoms with E-state index in [1.807, 2.05) is 0 Å². The van der Waals surface area contributed by atoms with Crippen molar-refractivity contribution in [3.8, 4) is 0 Å². The van der Waals surface area contributed by atoms with Crippen LogP contribution in [0.3, 0.4) is 0 Å². The molecule has 0 unspecified atom stereocenters. The van der Waals surface area contributed by atoms with Crippen LogP contribution in [0.5, 0.6) is 0 Å². The van der Waals surface area contributed by atoms with Crippen LogP contribution >= 0.6 is 0 Å². The fraction of sp³-hybridized carbons (Fsp3) is 0.857. The molecule has 0 amide bonds. The van der Waals surface area contributed by atoms with Gasteiger partial charge in [0.1, 0.15) is 5.75 Å². The first-order chi connectivity index (χ1) is 7.33. The SMILES string of the molecule is CCCS(=O)(=O)OS(=O)(=O)CC=NCCO. The van der Waals surface area contributed by atoms with Crippen molar-refractivity contribution in [3.63, 3.8) is 0 Å². The molecule has 0 heterocycles. The summed E-state index contributed by atoms with van der Waals surface area (Å²) >= 11 is 0. The Balaban J connectivity index is 4.36. The molecule has 9 heteroatoms. The number of aliphatic hydroxyl groups excluding tert-OH is 1. The highest BCUT2D eigenvalue weighted by Gasteiger charge is 2.20. The van der Waals surface area contributed by atoms with Crippen LogP contribution in [0.1, 0.15) is 13.3 Å². The van der Waals surface area contributed by atoms with E-state index in [2.05, 4.69) is 8.62 Å². The zero-order chi connectivity index (χ0) is 12.7. The molecule has 0 aromatic heterocycles. The summed E-state index contributed by atoms with van der Waals surface area (Å²) in [5.74, 6) is -0.976. The first-order valence-electron chi connectivity index (χ1n) is 4.58. The molecule has 7 nitrogen and oxygen atoms in total. The van der Waals surface area contributed by atoms with Crippen LogP contribution in [0.4, 0.5) is 0 Å². The third-order valence-corrected chi connectivity index (χ3v) is 4.42. The largest absolute Gasteiger partial charge is 0.394 e. The highest BCUT2D eigenvalue weighted by molar-refractivity contribution is 8.00. The van der Waals surface area contributed by atoms with Gasteiger partial charge in [-0.3, -0.25) is 4.99 Å². The predicted molar refractivity (Wildman–Crippen MR) is 59.4 cm³/mol. The first kappa shape index (κ1) is 15.5. The highest BCUT2D eigenvalue weighted by atomic mass is 32.3. The van der Waals surface area contributed by atoms with Crippen molar-refractivity contribution in [2.24, 2.45) is 4.99 Å². The number of hydrogen-bond acceptors (Lipinski definition) is 7. The van der Waals surface area contributed by atoms with Gasteiger partial charge in [-0.25, -0.2) is 0 Å². The van der Waals surface area contributed by atoms with Crippen molar-refractivity contribution < 1.29 is 25.6 Å². The molecule has 0 spiro atoms. The number of rotatable bonds is 8. The minimum Gasteiger partial charge on any atom is -0.394 e. The predicted octanol–water partition coefficient (Wildman–Crippen LogP) is -0.864. The Morgan fingerprint density at radius 1 is 1.25 bits per heavy atom. The maximum atomic E-state index is 11.1. The smallest absolute Gasteiger partial charge is 0.286 e. The monoisotopic (exact) mass is 273 g/mol. The Kier molecular flexibility index (Phi) is 6.72. The second kappa shape index (κ2) is 6.94. The van der Waals surface area contributed by atoms with Gasteiger partial charge in [-0.05, 0) is 6.42 Å². The summed E-state index contributed by atoms with van der Waals surface area (Å²) in [6, 6.07) is 0. The second-order valence-corrected chi connectivity index (χ2v) is 6.38. The third kappa shape index (κ3) is 7.74. The molecule has 96 valence electrons. The Morgan fingerprint density at radius 2 is 1.88 bits per heavy atom. The summed E-state index contributed by atoms with van der Waals surface area (Å²) in [6.45, 7) is 1.46. The number of aliphatic hydroxyl groups is 1. The van der Waals surface area contributed by atoms with E-state index < -0.39 is 26.0 Å². The molecular weight excluding hydrogens is 258 g/mol. The molecular formula is C7H15NO6S2. The molecule has 0 bridgehead atoms. The van der Waals surface area contributed by atoms with Crippen LogP contribution in [0.25, 0.3) is 0 Å². The molecule has 0 aliphatic rings. The summed E-state index contributed by atoms with van der Waals surface area (Å²) in [5, 5.41) is 8.36. The first-order valence-corrected chi connectivity index (χ1v) is 7.74. The van der Waals surface area contributed by atoms with Crippen molar-refractivity contribution in [1.29, 1.82) is 0 Å². The Bertz CT molecular complexity index is 410. The van der Waals surface area contributed by atoms with E-state index in [9.17, 15) is 16.8 Å². The van der Waals surface area contributed by atoms with E-state index in [4.69, 9.17) is 5.11 Å². The standard InChI is InChI=1S/C7H15NO6S2/c1-2-6-15(10,11)14-16(12,13)7-4-8-3-5-9/h4,9H,2-3,5-7H2,1H3. The van der Waals surface area contributed by atoms with Crippen LogP contribution in [0.15, 0.2) is 4.99 Å². The van der Waals surface area contributed by atoms with Crippen molar-refractivity contribution >= 4 is 26.5 Å². The van der Waals surface area contributed by atoms with Crippen molar-refractivity contribution in [2.45, 2.75) is 13.3 Å². The van der Waals surface area contributed by atoms with Crippen LogP contribution in [0, 0.1) is 0 Å². The molecule has 0 radical (unpaired) electrons. The molecule has 0 aromatic carbocycles. The molecule has 1 N–H and O–H groups in total. The average molecular weight is 273 g/mol. The maximum Gasteiger partial charge on any atom is 0.286 e. The van der Waals surface area contributed by atoms with Gasteiger partial charge in [0.15, 0.2) is 0 Å². The second-order valence-electron chi connectivity index (χ2n) is 2.87. The van der Waals surface area contributed by atoms with Crippen molar-refractivity contribution in [2.75, 3.05) is 24.7 Å². The lowest BCUT2D eigenvalue weighted by Gasteiger charge is -2.02. The van der Waals surface area contributed by atoms with Gasteiger partial charge < -0.3 is 5.11 Å². The normalized spacial score (nSPS) is 13.4. The number of hydrogen-bond donors (Lipinski definition) is 1. The summed E-state index contributed by atoms with van der Waals surface area (Å²) in [7, 11) is -8.19. The van der Waals surface area contributed by atoms with Crippen LogP contribution in [0.2, 0.25) is 0 Å². The number of nitrogens with zero attached hydrogens (tertiary/aromatic N) is 1. The van der Waals surface area contributed by atoms with Crippen molar-refractivity contribution in [3.05, 3.63) is 0 Å². The lowest BCUT2D eigenvalue weighted by molar-refractivity contribution is 0.307. The quantitative estimate of drug-likeness (QED) is 0.576. The minimum atomic E-state index is -4.16. The summed E-state index contributed by atoms with van der Waals surface area (Å²) in [6.07, 6.45) is 1.27. The molecule has 0 aromatic rings. The molecule has 0 fully saturated rings. The fourth-order valence-corrected chi connectivity index (χ4v) is 3.31. The van der Waals surface area contributed by atoms with E-state index in [1.54, 1.807) is 6.92 Å². The van der Waals surface area contributed by atoms with Crippen molar-refractivity contribution in [1.82, 2.24) is 0 Å². The van der Waals surface area contributed by atoms with E-state index in [0.29, 0.717) is 0 Å². The fourth-order valence-electron chi connectivity index (χ4n) is 0.763. The molecule has 16 heavy (non-hydrogen) atoms. The average Bonchev–Trinajstić information content (AvgIpc) is 2.10. The van der Waals surface area contributed by atoms with Crippen LogP contribution in [-0.4, -0.2) is 52.8 Å². The van der Waals surface area contributed by atoms with E-state index in [1.165, 1.54) is 0 Å². The Labute approximate surface area is 95.4 Å². The molecule has 0 saturated heterocycles. The van der Waals surface area contributed by atoms with Gasteiger partial charge in [-0.2, -0.15) is 16.8 Å². The molecule has 0 saturated carbocycles. The van der Waals surface area contributed by atoms with E-state index >= 15 is 0 Å². The zero-order valence-electron chi connectivity index (χ0n) is 8.87.